The largest absolute Gasteiger partial charge is 0.507 e. The molecule has 1 amide bonds. The molecule has 4 rings (SSSR count). The lowest BCUT2D eigenvalue weighted by molar-refractivity contribution is -0.132. The Bertz CT molecular complexity index is 1250. The average Bonchev–Trinajstić information content (AvgIpc) is 3.09. The van der Waals surface area contributed by atoms with Crippen LogP contribution in [0.2, 0.25) is 5.02 Å². The number of hydrogen-bond donors (Lipinski definition) is 1. The second kappa shape index (κ2) is 8.96. The van der Waals surface area contributed by atoms with E-state index >= 15 is 0 Å². The molecular formula is C25H19ClFNO5. The van der Waals surface area contributed by atoms with Gasteiger partial charge in [-0.1, -0.05) is 23.7 Å². The van der Waals surface area contributed by atoms with Crippen molar-refractivity contribution >= 4 is 34.7 Å². The quantitative estimate of drug-likeness (QED) is 0.320. The first-order chi connectivity index (χ1) is 15.8. The molecule has 3 aromatic carbocycles. The summed E-state index contributed by atoms with van der Waals surface area (Å²) < 4.78 is 24.1. The fraction of sp³-hybridized carbons (Fsp3) is 0.120. The van der Waals surface area contributed by atoms with Crippen molar-refractivity contribution in [2.24, 2.45) is 0 Å². The first-order valence-electron chi connectivity index (χ1n) is 9.90. The Labute approximate surface area is 194 Å². The predicted molar refractivity (Wildman–Crippen MR) is 122 cm³/mol. The molecule has 0 aliphatic carbocycles. The van der Waals surface area contributed by atoms with Crippen LogP contribution in [0.3, 0.4) is 0 Å². The molecule has 1 heterocycles. The molecule has 1 unspecified atom stereocenters. The van der Waals surface area contributed by atoms with E-state index in [2.05, 4.69) is 0 Å². The topological polar surface area (TPSA) is 76.1 Å². The molecule has 0 saturated carbocycles. The molecule has 0 bridgehead atoms. The van der Waals surface area contributed by atoms with Gasteiger partial charge in [-0.2, -0.15) is 0 Å². The highest BCUT2D eigenvalue weighted by Gasteiger charge is 2.47. The molecule has 1 aliphatic rings. The molecule has 1 N–H and O–H groups in total. The Morgan fingerprint density at radius 1 is 0.939 bits per heavy atom. The number of anilines is 1. The Morgan fingerprint density at radius 3 is 2.18 bits per heavy atom. The number of methoxy groups -OCH3 is 2. The van der Waals surface area contributed by atoms with Crippen LogP contribution in [0.5, 0.6) is 11.5 Å². The summed E-state index contributed by atoms with van der Waals surface area (Å²) in [4.78, 5) is 27.5. The highest BCUT2D eigenvalue weighted by Crippen LogP contribution is 2.43. The average molecular weight is 468 g/mol. The highest BCUT2D eigenvalue weighted by atomic mass is 35.5. The minimum Gasteiger partial charge on any atom is -0.507 e. The normalized spacial score (nSPS) is 17.3. The van der Waals surface area contributed by atoms with Gasteiger partial charge in [-0.25, -0.2) is 4.39 Å². The van der Waals surface area contributed by atoms with Gasteiger partial charge in [0.05, 0.1) is 25.8 Å². The molecule has 0 spiro atoms. The number of ketones is 1. The number of amides is 1. The van der Waals surface area contributed by atoms with Gasteiger partial charge in [-0.15, -0.1) is 0 Å². The Balaban J connectivity index is 1.93. The number of carbonyl (C=O) groups excluding carboxylic acids is 2. The summed E-state index contributed by atoms with van der Waals surface area (Å²) in [5.74, 6) is -1.78. The van der Waals surface area contributed by atoms with Crippen molar-refractivity contribution in [3.8, 4) is 11.5 Å². The maximum atomic E-state index is 13.6. The summed E-state index contributed by atoms with van der Waals surface area (Å²) >= 11 is 5.98. The Kier molecular flexibility index (Phi) is 6.07. The van der Waals surface area contributed by atoms with Crippen LogP contribution in [0.15, 0.2) is 72.3 Å². The molecule has 1 saturated heterocycles. The number of carbonyl (C=O) groups is 2. The Morgan fingerprint density at radius 2 is 1.58 bits per heavy atom. The molecule has 0 radical (unpaired) electrons. The van der Waals surface area contributed by atoms with Crippen LogP contribution in [-0.2, 0) is 9.59 Å². The molecule has 1 fully saturated rings. The van der Waals surface area contributed by atoms with Crippen molar-refractivity contribution in [2.75, 3.05) is 19.1 Å². The van der Waals surface area contributed by atoms with Gasteiger partial charge in [0.1, 0.15) is 11.6 Å². The fourth-order valence-corrected chi connectivity index (χ4v) is 3.93. The zero-order chi connectivity index (χ0) is 23.7. The van der Waals surface area contributed by atoms with Crippen LogP contribution in [-0.4, -0.2) is 31.0 Å². The second-order valence-electron chi connectivity index (χ2n) is 7.27. The molecule has 8 heteroatoms. The van der Waals surface area contributed by atoms with Crippen molar-refractivity contribution in [2.45, 2.75) is 6.04 Å². The number of Topliss-reactive ketones (excluding diaryl/α,β-unsaturated/α-hetero) is 1. The first-order valence-corrected chi connectivity index (χ1v) is 10.3. The van der Waals surface area contributed by atoms with Gasteiger partial charge in [0.25, 0.3) is 11.7 Å². The lowest BCUT2D eigenvalue weighted by atomic mass is 9.95. The number of benzene rings is 3. The predicted octanol–water partition coefficient (Wildman–Crippen LogP) is 5.12. The first kappa shape index (κ1) is 22.4. The summed E-state index contributed by atoms with van der Waals surface area (Å²) in [6.45, 7) is 0. The van der Waals surface area contributed by atoms with E-state index in [4.69, 9.17) is 21.1 Å². The van der Waals surface area contributed by atoms with Crippen molar-refractivity contribution in [1.29, 1.82) is 0 Å². The highest BCUT2D eigenvalue weighted by molar-refractivity contribution is 6.51. The minimum atomic E-state index is -0.986. The lowest BCUT2D eigenvalue weighted by Crippen LogP contribution is -2.29. The van der Waals surface area contributed by atoms with Gasteiger partial charge in [0, 0.05) is 16.3 Å². The summed E-state index contributed by atoms with van der Waals surface area (Å²) in [6, 6.07) is 15.4. The maximum absolute atomic E-state index is 13.6. The molecule has 6 nitrogen and oxygen atoms in total. The number of ether oxygens (including phenoxy) is 2. The van der Waals surface area contributed by atoms with E-state index in [1.165, 1.54) is 49.5 Å². The second-order valence-corrected chi connectivity index (χ2v) is 7.70. The van der Waals surface area contributed by atoms with E-state index < -0.39 is 23.5 Å². The van der Waals surface area contributed by atoms with Gasteiger partial charge in [0.2, 0.25) is 0 Å². The molecule has 0 aromatic heterocycles. The smallest absolute Gasteiger partial charge is 0.300 e. The third-order valence-corrected chi connectivity index (χ3v) is 5.64. The monoisotopic (exact) mass is 467 g/mol. The molecule has 1 atom stereocenters. The van der Waals surface area contributed by atoms with E-state index in [0.29, 0.717) is 27.8 Å². The van der Waals surface area contributed by atoms with E-state index in [1.54, 1.807) is 36.4 Å². The van der Waals surface area contributed by atoms with Crippen LogP contribution in [0, 0.1) is 5.82 Å². The number of halogens is 2. The molecule has 33 heavy (non-hydrogen) atoms. The van der Waals surface area contributed by atoms with Crippen molar-refractivity contribution in [3.05, 3.63) is 94.3 Å². The third-order valence-electron chi connectivity index (χ3n) is 5.39. The van der Waals surface area contributed by atoms with Crippen molar-refractivity contribution in [1.82, 2.24) is 0 Å². The van der Waals surface area contributed by atoms with Crippen LogP contribution in [0.1, 0.15) is 17.2 Å². The van der Waals surface area contributed by atoms with Gasteiger partial charge in [-0.3, -0.25) is 14.5 Å². The number of rotatable bonds is 5. The van der Waals surface area contributed by atoms with E-state index in [-0.39, 0.29) is 16.9 Å². The lowest BCUT2D eigenvalue weighted by Gasteiger charge is -2.25. The van der Waals surface area contributed by atoms with E-state index in [1.807, 2.05) is 0 Å². The summed E-state index contributed by atoms with van der Waals surface area (Å²) in [5, 5.41) is 11.6. The van der Waals surface area contributed by atoms with E-state index in [9.17, 15) is 19.1 Å². The molecular weight excluding hydrogens is 449 g/mol. The number of aliphatic hydroxyl groups is 1. The fourth-order valence-electron chi connectivity index (χ4n) is 3.80. The van der Waals surface area contributed by atoms with Gasteiger partial charge >= 0.3 is 0 Å². The number of nitrogens with zero attached hydrogens (tertiary/aromatic N) is 1. The van der Waals surface area contributed by atoms with Crippen molar-refractivity contribution < 1.29 is 28.6 Å². The third kappa shape index (κ3) is 4.03. The SMILES string of the molecule is COc1ccc(/C(O)=C2/C(=O)C(=O)N(c3ccc(Cl)cc3)C2c2ccc(F)cc2)cc1OC. The minimum absolute atomic E-state index is 0.131. The van der Waals surface area contributed by atoms with Crippen LogP contribution in [0.25, 0.3) is 5.76 Å². The van der Waals surface area contributed by atoms with E-state index in [0.717, 1.165) is 0 Å². The zero-order valence-electron chi connectivity index (χ0n) is 17.7. The van der Waals surface area contributed by atoms with Gasteiger partial charge in [-0.05, 0) is 60.2 Å². The summed E-state index contributed by atoms with van der Waals surface area (Å²) in [7, 11) is 2.92. The summed E-state index contributed by atoms with van der Waals surface area (Å²) in [6.07, 6.45) is 0. The van der Waals surface area contributed by atoms with Crippen LogP contribution < -0.4 is 14.4 Å². The maximum Gasteiger partial charge on any atom is 0.300 e. The van der Waals surface area contributed by atoms with Gasteiger partial charge in [0.15, 0.2) is 11.5 Å². The summed E-state index contributed by atoms with van der Waals surface area (Å²) in [5.41, 5.74) is 0.984. The van der Waals surface area contributed by atoms with Crippen LogP contribution in [0.4, 0.5) is 10.1 Å². The van der Waals surface area contributed by atoms with Crippen LogP contribution >= 0.6 is 11.6 Å². The van der Waals surface area contributed by atoms with Crippen molar-refractivity contribution in [3.63, 3.8) is 0 Å². The number of aliphatic hydroxyl groups excluding tert-OH is 1. The van der Waals surface area contributed by atoms with Gasteiger partial charge < -0.3 is 14.6 Å². The zero-order valence-corrected chi connectivity index (χ0v) is 18.5. The Hall–Kier alpha value is -3.84. The molecule has 168 valence electrons. The standard InChI is InChI=1S/C25H19ClFNO5/c1-32-19-12-5-15(13-20(19)33-2)23(29)21-22(14-3-8-17(27)9-4-14)28(25(31)24(21)30)18-10-6-16(26)7-11-18/h3-13,22,29H,1-2H3/b23-21-. The molecule has 1 aliphatic heterocycles. The molecule has 3 aromatic rings. The number of hydrogen-bond acceptors (Lipinski definition) is 5.